The molecule has 6 heteroatoms. The maximum atomic E-state index is 5.91. The molecule has 5 nitrogen and oxygen atoms in total. The number of nitrogens with one attached hydrogen (secondary N) is 1. The monoisotopic (exact) mass is 431 g/mol. The molecule has 1 saturated heterocycles. The Morgan fingerprint density at radius 3 is 2.43 bits per heavy atom. The van der Waals surface area contributed by atoms with Crippen molar-refractivity contribution >= 4 is 29.9 Å². The van der Waals surface area contributed by atoms with Crippen molar-refractivity contribution in [2.75, 3.05) is 52.4 Å². The number of nitrogens with two attached hydrogens (primary N) is 1. The van der Waals surface area contributed by atoms with Crippen molar-refractivity contribution in [2.45, 2.75) is 13.3 Å². The van der Waals surface area contributed by atoms with Crippen LogP contribution in [-0.4, -0.2) is 68.1 Å². The average Bonchev–Trinajstić information content (AvgIpc) is 2.56. The molecule has 1 aliphatic heterocycles. The number of likely N-dealkylation sites (N-methyl/N-ethyl adjacent to an activating group) is 1. The molecule has 0 atom stereocenters. The number of benzene rings is 1. The standard InChI is InChI=1S/C17H29N5.HI/c1-2-21-12-14-22(15-13-21)11-10-20-17(18)19-9-8-16-6-4-3-5-7-16;/h3-7H,2,8-15H2,1H3,(H3,18,19,20);1H. The molecule has 1 aliphatic rings. The highest BCUT2D eigenvalue weighted by atomic mass is 127. The molecule has 0 bridgehead atoms. The highest BCUT2D eigenvalue weighted by molar-refractivity contribution is 14.0. The number of rotatable bonds is 7. The summed E-state index contributed by atoms with van der Waals surface area (Å²) < 4.78 is 0. The lowest BCUT2D eigenvalue weighted by molar-refractivity contribution is 0.140. The van der Waals surface area contributed by atoms with E-state index in [0.717, 1.165) is 45.7 Å². The predicted octanol–water partition coefficient (Wildman–Crippen LogP) is 1.39. The van der Waals surface area contributed by atoms with E-state index in [4.69, 9.17) is 5.73 Å². The van der Waals surface area contributed by atoms with Crippen LogP contribution < -0.4 is 11.1 Å². The van der Waals surface area contributed by atoms with Gasteiger partial charge >= 0.3 is 0 Å². The number of hydrogen-bond donors (Lipinski definition) is 2. The third-order valence-electron chi connectivity index (χ3n) is 4.17. The summed E-state index contributed by atoms with van der Waals surface area (Å²) in [5.41, 5.74) is 7.23. The lowest BCUT2D eigenvalue weighted by Crippen LogP contribution is -2.47. The molecule has 0 spiro atoms. The Morgan fingerprint density at radius 1 is 1.13 bits per heavy atom. The fraction of sp³-hybridized carbons (Fsp3) is 0.588. The first-order valence-corrected chi connectivity index (χ1v) is 8.30. The van der Waals surface area contributed by atoms with Crippen molar-refractivity contribution in [3.63, 3.8) is 0 Å². The second kappa shape index (κ2) is 11.6. The molecule has 2 rings (SSSR count). The summed E-state index contributed by atoms with van der Waals surface area (Å²) in [4.78, 5) is 9.37. The van der Waals surface area contributed by atoms with Crippen LogP contribution in [-0.2, 0) is 6.42 Å². The minimum Gasteiger partial charge on any atom is -0.370 e. The van der Waals surface area contributed by atoms with Gasteiger partial charge in [0, 0.05) is 39.3 Å². The van der Waals surface area contributed by atoms with Crippen LogP contribution in [0.1, 0.15) is 12.5 Å². The third-order valence-corrected chi connectivity index (χ3v) is 4.17. The second-order valence-electron chi connectivity index (χ2n) is 5.71. The van der Waals surface area contributed by atoms with Crippen molar-refractivity contribution in [1.82, 2.24) is 15.1 Å². The van der Waals surface area contributed by atoms with Crippen LogP contribution >= 0.6 is 24.0 Å². The molecule has 0 amide bonds. The molecule has 23 heavy (non-hydrogen) atoms. The van der Waals surface area contributed by atoms with Crippen molar-refractivity contribution in [1.29, 1.82) is 0 Å². The maximum absolute atomic E-state index is 5.91. The summed E-state index contributed by atoms with van der Waals surface area (Å²) in [7, 11) is 0. The second-order valence-corrected chi connectivity index (χ2v) is 5.71. The number of halogens is 1. The van der Waals surface area contributed by atoms with Gasteiger partial charge in [0.05, 0.1) is 6.54 Å². The van der Waals surface area contributed by atoms with Gasteiger partial charge < -0.3 is 16.0 Å². The van der Waals surface area contributed by atoms with E-state index in [1.165, 1.54) is 18.7 Å². The molecule has 1 aromatic carbocycles. The molecule has 1 aromatic rings. The van der Waals surface area contributed by atoms with E-state index in [-0.39, 0.29) is 24.0 Å². The summed E-state index contributed by atoms with van der Waals surface area (Å²) in [5, 5.41) is 3.19. The van der Waals surface area contributed by atoms with E-state index in [2.05, 4.69) is 51.3 Å². The van der Waals surface area contributed by atoms with Crippen molar-refractivity contribution in [3.8, 4) is 0 Å². The number of hydrogen-bond acceptors (Lipinski definition) is 3. The summed E-state index contributed by atoms with van der Waals surface area (Å²) in [6.45, 7) is 10.6. The molecule has 0 saturated carbocycles. The van der Waals surface area contributed by atoms with Crippen molar-refractivity contribution in [3.05, 3.63) is 35.9 Å². The van der Waals surface area contributed by atoms with E-state index in [9.17, 15) is 0 Å². The molecule has 1 heterocycles. The molecule has 130 valence electrons. The van der Waals surface area contributed by atoms with Crippen LogP contribution in [0.3, 0.4) is 0 Å². The van der Waals surface area contributed by atoms with Crippen LogP contribution in [0, 0.1) is 0 Å². The SMILES string of the molecule is CCN1CCN(CCN=C(N)NCCc2ccccc2)CC1.I. The Balaban J connectivity index is 0.00000264. The van der Waals surface area contributed by atoms with E-state index in [1.54, 1.807) is 0 Å². The number of piperazine rings is 1. The van der Waals surface area contributed by atoms with E-state index in [0.29, 0.717) is 5.96 Å². The third kappa shape index (κ3) is 7.99. The Morgan fingerprint density at radius 2 is 1.78 bits per heavy atom. The summed E-state index contributed by atoms with van der Waals surface area (Å²) in [6, 6.07) is 10.4. The number of guanidine groups is 1. The normalized spacial score (nSPS) is 16.8. The topological polar surface area (TPSA) is 56.9 Å². The fourth-order valence-electron chi connectivity index (χ4n) is 2.68. The van der Waals surface area contributed by atoms with Gasteiger partial charge in [0.2, 0.25) is 0 Å². The largest absolute Gasteiger partial charge is 0.370 e. The Hall–Kier alpha value is -0.860. The molecule has 0 aliphatic carbocycles. The lowest BCUT2D eigenvalue weighted by atomic mass is 10.1. The van der Waals surface area contributed by atoms with Gasteiger partial charge in [-0.2, -0.15) is 0 Å². The average molecular weight is 431 g/mol. The fourth-order valence-corrected chi connectivity index (χ4v) is 2.68. The zero-order valence-electron chi connectivity index (χ0n) is 14.1. The van der Waals surface area contributed by atoms with E-state index >= 15 is 0 Å². The van der Waals surface area contributed by atoms with Gasteiger partial charge in [0.15, 0.2) is 5.96 Å². The number of aliphatic imine (C=N–C) groups is 1. The van der Waals surface area contributed by atoms with Crippen LogP contribution in [0.2, 0.25) is 0 Å². The van der Waals surface area contributed by atoms with Gasteiger partial charge in [0.1, 0.15) is 0 Å². The Labute approximate surface area is 157 Å². The minimum atomic E-state index is 0. The van der Waals surface area contributed by atoms with Crippen LogP contribution in [0.4, 0.5) is 0 Å². The van der Waals surface area contributed by atoms with Crippen molar-refractivity contribution < 1.29 is 0 Å². The first-order valence-electron chi connectivity index (χ1n) is 8.30. The van der Waals surface area contributed by atoms with Gasteiger partial charge in [0.25, 0.3) is 0 Å². The summed E-state index contributed by atoms with van der Waals surface area (Å²) >= 11 is 0. The zero-order valence-corrected chi connectivity index (χ0v) is 16.4. The lowest BCUT2D eigenvalue weighted by Gasteiger charge is -2.33. The molecule has 1 fully saturated rings. The molecule has 0 unspecified atom stereocenters. The first-order chi connectivity index (χ1) is 10.8. The highest BCUT2D eigenvalue weighted by Gasteiger charge is 2.14. The predicted molar refractivity (Wildman–Crippen MR) is 109 cm³/mol. The van der Waals surface area contributed by atoms with Gasteiger partial charge in [-0.3, -0.25) is 9.89 Å². The van der Waals surface area contributed by atoms with Crippen LogP contribution in [0.15, 0.2) is 35.3 Å². The first kappa shape index (κ1) is 20.2. The van der Waals surface area contributed by atoms with E-state index in [1.807, 2.05) is 6.07 Å². The molecule has 3 N–H and O–H groups in total. The van der Waals surface area contributed by atoms with Gasteiger partial charge in [-0.05, 0) is 18.5 Å². The number of nitrogens with zero attached hydrogens (tertiary/aromatic N) is 3. The maximum Gasteiger partial charge on any atom is 0.188 e. The van der Waals surface area contributed by atoms with Gasteiger partial charge in [-0.15, -0.1) is 24.0 Å². The smallest absolute Gasteiger partial charge is 0.188 e. The highest BCUT2D eigenvalue weighted by Crippen LogP contribution is 2.00. The van der Waals surface area contributed by atoms with Crippen LogP contribution in [0.5, 0.6) is 0 Å². The molecule has 0 radical (unpaired) electrons. The minimum absolute atomic E-state index is 0. The molecular formula is C17H30IN5. The van der Waals surface area contributed by atoms with Crippen molar-refractivity contribution in [2.24, 2.45) is 10.7 Å². The zero-order chi connectivity index (χ0) is 15.6. The van der Waals surface area contributed by atoms with Gasteiger partial charge in [-0.25, -0.2) is 0 Å². The Bertz CT molecular complexity index is 444. The quantitative estimate of drug-likeness (QED) is 0.389. The molecule has 0 aromatic heterocycles. The summed E-state index contributed by atoms with van der Waals surface area (Å²) in [6.07, 6.45) is 0.968. The van der Waals surface area contributed by atoms with E-state index < -0.39 is 0 Å². The molecular weight excluding hydrogens is 401 g/mol. The van der Waals surface area contributed by atoms with Crippen LogP contribution in [0.25, 0.3) is 0 Å². The van der Waals surface area contributed by atoms with Gasteiger partial charge in [-0.1, -0.05) is 37.3 Å². The summed E-state index contributed by atoms with van der Waals surface area (Å²) in [5.74, 6) is 0.558. The Kier molecular flexibility index (Phi) is 10.2.